The fourth-order valence-corrected chi connectivity index (χ4v) is 1.44. The lowest BCUT2D eigenvalue weighted by atomic mass is 10.0. The molecule has 0 aliphatic rings. The Morgan fingerprint density at radius 2 is 2.06 bits per heavy atom. The van der Waals surface area contributed by atoms with Gasteiger partial charge in [-0.3, -0.25) is 4.79 Å². The fourth-order valence-electron chi connectivity index (χ4n) is 1.44. The Kier molecular flexibility index (Phi) is 4.22. The maximum absolute atomic E-state index is 13.2. The van der Waals surface area contributed by atoms with Crippen molar-refractivity contribution in [3.63, 3.8) is 0 Å². The lowest BCUT2D eigenvalue weighted by molar-refractivity contribution is -0.115. The molecule has 0 saturated heterocycles. The molecule has 0 radical (unpaired) electrons. The maximum atomic E-state index is 13.2. The summed E-state index contributed by atoms with van der Waals surface area (Å²) in [5.74, 6) is 1.34. The van der Waals surface area contributed by atoms with Gasteiger partial charge < -0.3 is 5.32 Å². The van der Waals surface area contributed by atoms with Crippen LogP contribution in [0.3, 0.4) is 0 Å². The minimum Gasteiger partial charge on any atom is -0.341 e. The van der Waals surface area contributed by atoms with E-state index in [2.05, 4.69) is 17.2 Å². The second kappa shape index (κ2) is 5.44. The van der Waals surface area contributed by atoms with Crippen molar-refractivity contribution in [1.82, 2.24) is 5.32 Å². The van der Waals surface area contributed by atoms with Gasteiger partial charge in [0.05, 0.1) is 0 Å². The number of carbonyl (C=O) groups is 1. The van der Waals surface area contributed by atoms with Crippen molar-refractivity contribution < 1.29 is 13.6 Å². The van der Waals surface area contributed by atoms with Crippen LogP contribution in [-0.2, 0) is 17.3 Å². The summed E-state index contributed by atoms with van der Waals surface area (Å²) in [7, 11) is 0. The Morgan fingerprint density at radius 3 is 2.65 bits per heavy atom. The molecule has 17 heavy (non-hydrogen) atoms. The van der Waals surface area contributed by atoms with Crippen molar-refractivity contribution in [2.24, 2.45) is 0 Å². The average Bonchev–Trinajstić information content (AvgIpc) is 2.26. The van der Waals surface area contributed by atoms with Crippen molar-refractivity contribution >= 4 is 5.91 Å². The molecule has 2 nitrogen and oxygen atoms in total. The van der Waals surface area contributed by atoms with E-state index >= 15 is 0 Å². The van der Waals surface area contributed by atoms with E-state index in [1.54, 1.807) is 18.2 Å². The molecular weight excluding hydrogens is 224 g/mol. The van der Waals surface area contributed by atoms with Crippen molar-refractivity contribution in [2.45, 2.75) is 26.3 Å². The van der Waals surface area contributed by atoms with Gasteiger partial charge in [-0.25, -0.2) is 8.78 Å². The summed E-state index contributed by atoms with van der Waals surface area (Å²) < 4.78 is 26.5. The van der Waals surface area contributed by atoms with Gasteiger partial charge in [0, 0.05) is 19.0 Å². The van der Waals surface area contributed by atoms with Crippen LogP contribution in [0.4, 0.5) is 8.78 Å². The van der Waals surface area contributed by atoms with Crippen molar-refractivity contribution in [3.8, 4) is 11.8 Å². The summed E-state index contributed by atoms with van der Waals surface area (Å²) in [6, 6.07) is 6.12. The van der Waals surface area contributed by atoms with E-state index in [4.69, 9.17) is 0 Å². The third kappa shape index (κ3) is 3.87. The molecule has 0 saturated carbocycles. The number of nitrogens with one attached hydrogen (secondary N) is 1. The molecule has 0 aliphatic heterocycles. The highest BCUT2D eigenvalue weighted by Gasteiger charge is 2.26. The smallest absolute Gasteiger partial charge is 0.296 e. The highest BCUT2D eigenvalue weighted by molar-refractivity contribution is 5.93. The topological polar surface area (TPSA) is 29.1 Å². The molecule has 0 heterocycles. The number of rotatable bonds is 3. The minimum absolute atomic E-state index is 0.0487. The Labute approximate surface area is 99.0 Å². The predicted molar refractivity (Wildman–Crippen MR) is 61.3 cm³/mol. The van der Waals surface area contributed by atoms with Gasteiger partial charge >= 0.3 is 0 Å². The highest BCUT2D eigenvalue weighted by atomic mass is 19.3. The van der Waals surface area contributed by atoms with Crippen molar-refractivity contribution in [3.05, 3.63) is 35.4 Å². The van der Waals surface area contributed by atoms with Gasteiger partial charge in [0.2, 0.25) is 0 Å². The summed E-state index contributed by atoms with van der Waals surface area (Å²) in [6.07, 6.45) is 0. The van der Waals surface area contributed by atoms with Gasteiger partial charge in [0.25, 0.3) is 11.8 Å². The van der Waals surface area contributed by atoms with E-state index in [1.165, 1.54) is 13.0 Å². The van der Waals surface area contributed by atoms with E-state index in [1.807, 2.05) is 0 Å². The number of alkyl halides is 2. The largest absolute Gasteiger partial charge is 0.341 e. The lowest BCUT2D eigenvalue weighted by Crippen LogP contribution is -2.23. The van der Waals surface area contributed by atoms with Crippen LogP contribution >= 0.6 is 0 Å². The predicted octanol–water partition coefficient (Wildman–Crippen LogP) is 2.44. The third-order valence-corrected chi connectivity index (χ3v) is 2.17. The van der Waals surface area contributed by atoms with Crippen LogP contribution in [0.5, 0.6) is 0 Å². The number of benzene rings is 1. The van der Waals surface area contributed by atoms with Crippen LogP contribution in [0, 0.1) is 11.8 Å². The van der Waals surface area contributed by atoms with Crippen LogP contribution in [-0.4, -0.2) is 5.91 Å². The van der Waals surface area contributed by atoms with Crippen LogP contribution in [0.15, 0.2) is 24.3 Å². The molecule has 0 spiro atoms. The lowest BCUT2D eigenvalue weighted by Gasteiger charge is -2.15. The Hall–Kier alpha value is -1.89. The van der Waals surface area contributed by atoms with Crippen LogP contribution < -0.4 is 5.32 Å². The second-order valence-electron chi connectivity index (χ2n) is 3.60. The summed E-state index contributed by atoms with van der Waals surface area (Å²) in [5.41, 5.74) is 0.316. The summed E-state index contributed by atoms with van der Waals surface area (Å²) in [5, 5.41) is 2.47. The standard InChI is InChI=1S/C13H13F2NO/c1-3-6-12(17)16-9-10-7-4-5-8-11(10)13(2,14)15/h4-5,7-8H,9H2,1-2H3,(H,16,17). The Bertz CT molecular complexity index is 466. The molecule has 0 fully saturated rings. The van der Waals surface area contributed by atoms with Gasteiger partial charge in [-0.2, -0.15) is 0 Å². The average molecular weight is 237 g/mol. The van der Waals surface area contributed by atoms with Gasteiger partial charge in [-0.1, -0.05) is 30.2 Å². The van der Waals surface area contributed by atoms with E-state index in [-0.39, 0.29) is 12.1 Å². The quantitative estimate of drug-likeness (QED) is 0.804. The first-order valence-electron chi connectivity index (χ1n) is 5.12. The third-order valence-electron chi connectivity index (χ3n) is 2.17. The molecule has 1 aromatic carbocycles. The SMILES string of the molecule is CC#CC(=O)NCc1ccccc1C(C)(F)F. The molecule has 1 amide bonds. The molecule has 1 N–H and O–H groups in total. The Balaban J connectivity index is 2.84. The van der Waals surface area contributed by atoms with Gasteiger partial charge in [0.15, 0.2) is 0 Å². The molecular formula is C13H13F2NO. The molecule has 90 valence electrons. The number of hydrogen-bond donors (Lipinski definition) is 1. The molecule has 0 unspecified atom stereocenters. The zero-order chi connectivity index (χ0) is 12.9. The van der Waals surface area contributed by atoms with E-state index in [0.29, 0.717) is 5.56 Å². The molecule has 0 aromatic heterocycles. The first-order chi connectivity index (χ1) is 7.95. The molecule has 0 atom stereocenters. The first kappa shape index (κ1) is 13.2. The number of amides is 1. The normalized spacial score (nSPS) is 10.4. The molecule has 0 bridgehead atoms. The zero-order valence-corrected chi connectivity index (χ0v) is 9.68. The van der Waals surface area contributed by atoms with E-state index in [9.17, 15) is 13.6 Å². The Morgan fingerprint density at radius 1 is 1.41 bits per heavy atom. The molecule has 1 aromatic rings. The van der Waals surface area contributed by atoms with Crippen LogP contribution in [0.25, 0.3) is 0 Å². The number of hydrogen-bond acceptors (Lipinski definition) is 1. The second-order valence-corrected chi connectivity index (χ2v) is 3.60. The van der Waals surface area contributed by atoms with Gasteiger partial charge in [-0.15, -0.1) is 0 Å². The fraction of sp³-hybridized carbons (Fsp3) is 0.308. The molecule has 4 heteroatoms. The number of halogens is 2. The summed E-state index contributed by atoms with van der Waals surface area (Å²) >= 11 is 0. The summed E-state index contributed by atoms with van der Waals surface area (Å²) in [6.45, 7) is 2.42. The van der Waals surface area contributed by atoms with E-state index in [0.717, 1.165) is 6.92 Å². The zero-order valence-electron chi connectivity index (χ0n) is 9.68. The highest BCUT2D eigenvalue weighted by Crippen LogP contribution is 2.29. The van der Waals surface area contributed by atoms with Crippen LogP contribution in [0.1, 0.15) is 25.0 Å². The minimum atomic E-state index is -2.92. The molecule has 1 rings (SSSR count). The van der Waals surface area contributed by atoms with E-state index < -0.39 is 11.8 Å². The van der Waals surface area contributed by atoms with Crippen molar-refractivity contribution in [2.75, 3.05) is 0 Å². The van der Waals surface area contributed by atoms with Crippen LogP contribution in [0.2, 0.25) is 0 Å². The van der Waals surface area contributed by atoms with Gasteiger partial charge in [0.1, 0.15) is 0 Å². The summed E-state index contributed by atoms with van der Waals surface area (Å²) in [4.78, 5) is 11.1. The number of carbonyl (C=O) groups excluding carboxylic acids is 1. The van der Waals surface area contributed by atoms with Crippen molar-refractivity contribution in [1.29, 1.82) is 0 Å². The monoisotopic (exact) mass is 237 g/mol. The maximum Gasteiger partial charge on any atom is 0.296 e. The first-order valence-corrected chi connectivity index (χ1v) is 5.12. The molecule has 0 aliphatic carbocycles. The van der Waals surface area contributed by atoms with Gasteiger partial charge in [-0.05, 0) is 18.4 Å².